The van der Waals surface area contributed by atoms with Gasteiger partial charge in [-0.3, -0.25) is 9.69 Å². The minimum absolute atomic E-state index is 0.0107. The Morgan fingerprint density at radius 1 is 1.25 bits per heavy atom. The van der Waals surface area contributed by atoms with Gasteiger partial charge in [-0.05, 0) is 50.3 Å². The molecule has 32 heavy (non-hydrogen) atoms. The predicted molar refractivity (Wildman–Crippen MR) is 127 cm³/mol. The maximum Gasteiger partial charge on any atom is 0.241 e. The third kappa shape index (κ3) is 8.67. The van der Waals surface area contributed by atoms with Gasteiger partial charge in [-0.25, -0.2) is 4.99 Å². The van der Waals surface area contributed by atoms with Crippen LogP contribution in [0.2, 0.25) is 0 Å². The molecule has 2 N–H and O–H groups in total. The average molecular weight is 446 g/mol. The fraction of sp³-hybridized carbons (Fsp3) is 0.667. The van der Waals surface area contributed by atoms with Gasteiger partial charge in [0.25, 0.3) is 0 Å². The van der Waals surface area contributed by atoms with Gasteiger partial charge < -0.3 is 25.0 Å². The van der Waals surface area contributed by atoms with Crippen molar-refractivity contribution in [2.75, 3.05) is 66.6 Å². The summed E-state index contributed by atoms with van der Waals surface area (Å²) in [6, 6.07) is 6.26. The number of likely N-dealkylation sites (N-methyl/N-ethyl adjacent to an activating group) is 1. The number of amides is 1. The molecule has 0 bridgehead atoms. The number of hydrogen-bond acceptors (Lipinski definition) is 5. The number of benzene rings is 1. The normalized spacial score (nSPS) is 17.2. The molecule has 1 amide bonds. The van der Waals surface area contributed by atoms with Gasteiger partial charge in [0.2, 0.25) is 5.91 Å². The third-order valence-electron chi connectivity index (χ3n) is 5.75. The lowest BCUT2D eigenvalue weighted by Gasteiger charge is -2.26. The van der Waals surface area contributed by atoms with Crippen molar-refractivity contribution in [2.45, 2.75) is 32.7 Å². The molecular weight excluding hydrogens is 406 g/mol. The van der Waals surface area contributed by atoms with Gasteiger partial charge >= 0.3 is 0 Å². The van der Waals surface area contributed by atoms with Gasteiger partial charge in [-0.2, -0.15) is 0 Å². The second-order valence-electron chi connectivity index (χ2n) is 8.91. The van der Waals surface area contributed by atoms with Crippen LogP contribution in [-0.4, -0.2) is 88.3 Å². The Hall–Kier alpha value is -2.32. The maximum absolute atomic E-state index is 12.0. The highest BCUT2D eigenvalue weighted by molar-refractivity contribution is 5.86. The number of rotatable bonds is 11. The van der Waals surface area contributed by atoms with Gasteiger partial charge in [0, 0.05) is 39.3 Å². The number of carbonyl (C=O) groups excluding carboxylic acids is 1. The summed E-state index contributed by atoms with van der Waals surface area (Å²) in [7, 11) is 3.51. The highest BCUT2D eigenvalue weighted by Gasteiger charge is 2.22. The van der Waals surface area contributed by atoms with Crippen LogP contribution in [0.4, 0.5) is 0 Å². The van der Waals surface area contributed by atoms with Crippen molar-refractivity contribution in [3.05, 3.63) is 29.3 Å². The number of ether oxygens (including phenoxy) is 2. The van der Waals surface area contributed by atoms with Crippen molar-refractivity contribution >= 4 is 11.9 Å². The van der Waals surface area contributed by atoms with Gasteiger partial charge in [-0.15, -0.1) is 0 Å². The molecule has 0 aromatic heterocycles. The first-order valence-corrected chi connectivity index (χ1v) is 11.8. The molecule has 0 radical (unpaired) electrons. The van der Waals surface area contributed by atoms with Crippen LogP contribution in [-0.2, 0) is 16.1 Å². The number of nitrogens with one attached hydrogen (secondary N) is 2. The van der Waals surface area contributed by atoms with E-state index in [2.05, 4.69) is 40.7 Å². The molecule has 0 atom stereocenters. The Morgan fingerprint density at radius 2 is 2.03 bits per heavy atom. The average Bonchev–Trinajstić information content (AvgIpc) is 3.62. The molecule has 8 heteroatoms. The van der Waals surface area contributed by atoms with Crippen LogP contribution in [0.1, 0.15) is 30.4 Å². The van der Waals surface area contributed by atoms with Gasteiger partial charge in [0.05, 0.1) is 32.9 Å². The first kappa shape index (κ1) is 24.3. The summed E-state index contributed by atoms with van der Waals surface area (Å²) in [5, 5.41) is 6.56. The molecule has 1 heterocycles. The number of carbonyl (C=O) groups is 1. The Kier molecular flexibility index (Phi) is 9.62. The van der Waals surface area contributed by atoms with E-state index in [1.807, 2.05) is 0 Å². The summed E-state index contributed by atoms with van der Waals surface area (Å²) < 4.78 is 11.5. The van der Waals surface area contributed by atoms with E-state index in [1.54, 1.807) is 19.0 Å². The number of aliphatic imine (C=N–C) groups is 1. The van der Waals surface area contributed by atoms with E-state index < -0.39 is 0 Å². The molecule has 2 aliphatic rings. The molecule has 178 valence electrons. The van der Waals surface area contributed by atoms with Gasteiger partial charge in [-0.1, -0.05) is 12.1 Å². The summed E-state index contributed by atoms with van der Waals surface area (Å²) in [5.74, 6) is 2.28. The highest BCUT2D eigenvalue weighted by Crippen LogP contribution is 2.30. The van der Waals surface area contributed by atoms with Gasteiger partial charge in [0.15, 0.2) is 5.96 Å². The van der Waals surface area contributed by atoms with E-state index in [1.165, 1.54) is 18.4 Å². The summed E-state index contributed by atoms with van der Waals surface area (Å²) in [4.78, 5) is 20.8. The van der Waals surface area contributed by atoms with E-state index in [0.717, 1.165) is 63.7 Å². The fourth-order valence-electron chi connectivity index (χ4n) is 3.41. The second kappa shape index (κ2) is 12.6. The molecule has 1 aromatic rings. The van der Waals surface area contributed by atoms with E-state index in [-0.39, 0.29) is 12.5 Å². The standard InChI is InChI=1S/C24H39N5O3/c1-19-5-8-21(22(15-19)32-18-20-6-7-20)16-26-24(27-17-23(30)28(2)3)25-9-4-10-29-11-13-31-14-12-29/h5,8,15,20H,4,6-7,9-14,16-18H2,1-3H3,(H2,25,26,27). The predicted octanol–water partition coefficient (Wildman–Crippen LogP) is 1.63. The number of hydrogen-bond donors (Lipinski definition) is 2. The number of nitrogens with zero attached hydrogens (tertiary/aromatic N) is 3. The summed E-state index contributed by atoms with van der Waals surface area (Å²) in [6.45, 7) is 8.99. The first-order valence-electron chi connectivity index (χ1n) is 11.8. The van der Waals surface area contributed by atoms with Crippen molar-refractivity contribution < 1.29 is 14.3 Å². The Labute approximate surface area is 192 Å². The zero-order chi connectivity index (χ0) is 22.8. The topological polar surface area (TPSA) is 78.4 Å². The number of morpholine rings is 1. The lowest BCUT2D eigenvalue weighted by molar-refractivity contribution is -0.127. The van der Waals surface area contributed by atoms with E-state index >= 15 is 0 Å². The van der Waals surface area contributed by atoms with Crippen LogP contribution in [0.3, 0.4) is 0 Å². The summed E-state index contributed by atoms with van der Waals surface area (Å²) in [5.41, 5.74) is 2.24. The van der Waals surface area contributed by atoms with E-state index in [9.17, 15) is 4.79 Å². The Bertz CT molecular complexity index is 758. The van der Waals surface area contributed by atoms with Crippen LogP contribution >= 0.6 is 0 Å². The fourth-order valence-corrected chi connectivity index (χ4v) is 3.41. The smallest absolute Gasteiger partial charge is 0.241 e. The molecule has 8 nitrogen and oxygen atoms in total. The first-order chi connectivity index (χ1) is 15.5. The Morgan fingerprint density at radius 3 is 2.75 bits per heavy atom. The lowest BCUT2D eigenvalue weighted by Crippen LogP contribution is -2.44. The van der Waals surface area contributed by atoms with Crippen molar-refractivity contribution in [3.8, 4) is 5.75 Å². The van der Waals surface area contributed by atoms with Crippen LogP contribution in [0, 0.1) is 12.8 Å². The highest BCUT2D eigenvalue weighted by atomic mass is 16.5. The molecule has 1 aromatic carbocycles. The lowest BCUT2D eigenvalue weighted by atomic mass is 10.1. The van der Waals surface area contributed by atoms with Crippen LogP contribution in [0.25, 0.3) is 0 Å². The second-order valence-corrected chi connectivity index (χ2v) is 8.91. The summed E-state index contributed by atoms with van der Waals surface area (Å²) in [6.07, 6.45) is 3.53. The SMILES string of the molecule is Cc1ccc(CN=C(NCCCN2CCOCC2)NCC(=O)N(C)C)c(OCC2CC2)c1. The molecule has 0 unspecified atom stereocenters. The Balaban J connectivity index is 1.56. The maximum atomic E-state index is 12.0. The molecule has 0 spiro atoms. The van der Waals surface area contributed by atoms with Crippen molar-refractivity contribution in [2.24, 2.45) is 10.9 Å². The monoisotopic (exact) mass is 445 g/mol. The van der Waals surface area contributed by atoms with Gasteiger partial charge in [0.1, 0.15) is 5.75 Å². The minimum atomic E-state index is 0.0107. The molecular formula is C24H39N5O3. The zero-order valence-corrected chi connectivity index (χ0v) is 19.9. The molecule has 1 aliphatic heterocycles. The van der Waals surface area contributed by atoms with E-state index in [0.29, 0.717) is 18.4 Å². The van der Waals surface area contributed by atoms with E-state index in [4.69, 9.17) is 14.5 Å². The molecule has 1 saturated heterocycles. The number of aryl methyl sites for hydroxylation is 1. The molecule has 2 fully saturated rings. The largest absolute Gasteiger partial charge is 0.493 e. The van der Waals surface area contributed by atoms with Crippen LogP contribution in [0.15, 0.2) is 23.2 Å². The molecule has 3 rings (SSSR count). The van der Waals surface area contributed by atoms with Crippen molar-refractivity contribution in [1.29, 1.82) is 0 Å². The number of guanidine groups is 1. The van der Waals surface area contributed by atoms with Crippen LogP contribution < -0.4 is 15.4 Å². The van der Waals surface area contributed by atoms with Crippen LogP contribution in [0.5, 0.6) is 5.75 Å². The van der Waals surface area contributed by atoms with Crippen molar-refractivity contribution in [3.63, 3.8) is 0 Å². The summed E-state index contributed by atoms with van der Waals surface area (Å²) >= 11 is 0. The third-order valence-corrected chi connectivity index (χ3v) is 5.75. The minimum Gasteiger partial charge on any atom is -0.493 e. The van der Waals surface area contributed by atoms with Crippen molar-refractivity contribution in [1.82, 2.24) is 20.4 Å². The quantitative estimate of drug-likeness (QED) is 0.306. The molecule has 1 aliphatic carbocycles. The zero-order valence-electron chi connectivity index (χ0n) is 19.9. The molecule has 1 saturated carbocycles.